The van der Waals surface area contributed by atoms with Gasteiger partial charge in [-0.1, -0.05) is 18.9 Å². The van der Waals surface area contributed by atoms with E-state index in [2.05, 4.69) is 17.1 Å². The molecule has 0 spiro atoms. The van der Waals surface area contributed by atoms with Crippen molar-refractivity contribution in [2.75, 3.05) is 37.0 Å². The van der Waals surface area contributed by atoms with Gasteiger partial charge in [0.1, 0.15) is 11.4 Å². The summed E-state index contributed by atoms with van der Waals surface area (Å²) in [6, 6.07) is 5.92. The van der Waals surface area contributed by atoms with E-state index in [-0.39, 0.29) is 12.0 Å². The number of anilines is 2. The molecular formula is C19H28N2O3. The fourth-order valence-corrected chi connectivity index (χ4v) is 3.78. The van der Waals surface area contributed by atoms with Gasteiger partial charge >= 0.3 is 0 Å². The topological polar surface area (TPSA) is 50.8 Å². The standard InChI is InChI=1S/C19H28N2O3/c1-14-13-21(10-11-24-14)16-8-5-9-17(23-2)19(16)20-18(22)12-15-6-3-4-7-15/h5,8-9,14-15H,3-4,6-7,10-13H2,1-2H3,(H,20,22). The highest BCUT2D eigenvalue weighted by atomic mass is 16.5. The smallest absolute Gasteiger partial charge is 0.224 e. The number of nitrogens with zero attached hydrogens (tertiary/aromatic N) is 1. The quantitative estimate of drug-likeness (QED) is 0.897. The summed E-state index contributed by atoms with van der Waals surface area (Å²) in [4.78, 5) is 14.8. The van der Waals surface area contributed by atoms with Crippen LogP contribution in [-0.2, 0) is 9.53 Å². The first-order valence-corrected chi connectivity index (χ1v) is 9.00. The Morgan fingerprint density at radius 3 is 2.88 bits per heavy atom. The number of hydrogen-bond donors (Lipinski definition) is 1. The molecule has 1 heterocycles. The Hall–Kier alpha value is -1.75. The minimum absolute atomic E-state index is 0.0916. The van der Waals surface area contributed by atoms with E-state index >= 15 is 0 Å². The molecule has 2 aliphatic rings. The number of methoxy groups -OCH3 is 1. The van der Waals surface area contributed by atoms with E-state index in [4.69, 9.17) is 9.47 Å². The molecule has 132 valence electrons. The van der Waals surface area contributed by atoms with Crippen LogP contribution < -0.4 is 15.0 Å². The molecule has 0 bridgehead atoms. The summed E-state index contributed by atoms with van der Waals surface area (Å²) in [6.07, 6.45) is 5.65. The lowest BCUT2D eigenvalue weighted by atomic mass is 10.0. The van der Waals surface area contributed by atoms with Gasteiger partial charge < -0.3 is 19.7 Å². The third-order valence-corrected chi connectivity index (χ3v) is 5.02. The summed E-state index contributed by atoms with van der Waals surface area (Å²) in [7, 11) is 1.65. The SMILES string of the molecule is COc1cccc(N2CCOC(C)C2)c1NC(=O)CC1CCCC1. The number of nitrogens with one attached hydrogen (secondary N) is 1. The molecular weight excluding hydrogens is 304 g/mol. The van der Waals surface area contributed by atoms with Gasteiger partial charge in [-0.25, -0.2) is 0 Å². The number of morpholine rings is 1. The summed E-state index contributed by atoms with van der Waals surface area (Å²) in [6.45, 7) is 4.42. The van der Waals surface area contributed by atoms with Gasteiger partial charge in [-0.3, -0.25) is 4.79 Å². The molecule has 5 nitrogen and oxygen atoms in total. The molecule has 1 aliphatic carbocycles. The summed E-state index contributed by atoms with van der Waals surface area (Å²) < 4.78 is 11.1. The molecule has 0 radical (unpaired) electrons. The molecule has 1 unspecified atom stereocenters. The molecule has 1 saturated heterocycles. The van der Waals surface area contributed by atoms with Crippen LogP contribution in [0.5, 0.6) is 5.75 Å². The van der Waals surface area contributed by atoms with Crippen molar-refractivity contribution in [3.05, 3.63) is 18.2 Å². The molecule has 2 fully saturated rings. The molecule has 1 atom stereocenters. The molecule has 1 N–H and O–H groups in total. The number of benzene rings is 1. The molecule has 3 rings (SSSR count). The number of amides is 1. The molecule has 1 saturated carbocycles. The van der Waals surface area contributed by atoms with Gasteiger partial charge in [0.25, 0.3) is 0 Å². The molecule has 1 aromatic rings. The third kappa shape index (κ3) is 4.01. The zero-order valence-corrected chi connectivity index (χ0v) is 14.7. The van der Waals surface area contributed by atoms with Crippen molar-refractivity contribution in [2.24, 2.45) is 5.92 Å². The Labute approximate surface area is 144 Å². The average molecular weight is 332 g/mol. The van der Waals surface area contributed by atoms with E-state index in [1.807, 2.05) is 18.2 Å². The summed E-state index contributed by atoms with van der Waals surface area (Å²) >= 11 is 0. The van der Waals surface area contributed by atoms with Crippen LogP contribution in [0.3, 0.4) is 0 Å². The van der Waals surface area contributed by atoms with E-state index in [1.54, 1.807) is 7.11 Å². The van der Waals surface area contributed by atoms with Crippen molar-refractivity contribution < 1.29 is 14.3 Å². The zero-order valence-electron chi connectivity index (χ0n) is 14.7. The van der Waals surface area contributed by atoms with Gasteiger partial charge in [0.2, 0.25) is 5.91 Å². The van der Waals surface area contributed by atoms with E-state index in [9.17, 15) is 4.79 Å². The van der Waals surface area contributed by atoms with Crippen molar-refractivity contribution in [1.82, 2.24) is 0 Å². The van der Waals surface area contributed by atoms with Crippen molar-refractivity contribution in [3.8, 4) is 5.75 Å². The van der Waals surface area contributed by atoms with E-state index in [0.717, 1.165) is 24.5 Å². The fraction of sp³-hybridized carbons (Fsp3) is 0.632. The number of hydrogen-bond acceptors (Lipinski definition) is 4. The normalized spacial score (nSPS) is 21.8. The van der Waals surface area contributed by atoms with Crippen LogP contribution in [0.15, 0.2) is 18.2 Å². The Morgan fingerprint density at radius 2 is 2.17 bits per heavy atom. The predicted molar refractivity (Wildman–Crippen MR) is 95.8 cm³/mol. The van der Waals surface area contributed by atoms with E-state index < -0.39 is 0 Å². The van der Waals surface area contributed by atoms with Crippen LogP contribution in [0.25, 0.3) is 0 Å². The largest absolute Gasteiger partial charge is 0.494 e. The van der Waals surface area contributed by atoms with Crippen LogP contribution in [0.2, 0.25) is 0 Å². The first kappa shape index (κ1) is 17.1. The average Bonchev–Trinajstić information content (AvgIpc) is 3.07. The lowest BCUT2D eigenvalue weighted by Crippen LogP contribution is -2.41. The Morgan fingerprint density at radius 1 is 1.38 bits per heavy atom. The number of para-hydroxylation sites is 1. The molecule has 1 amide bonds. The molecule has 24 heavy (non-hydrogen) atoms. The van der Waals surface area contributed by atoms with Gasteiger partial charge in [-0.15, -0.1) is 0 Å². The van der Waals surface area contributed by atoms with Gasteiger partial charge in [0.15, 0.2) is 0 Å². The van der Waals surface area contributed by atoms with Crippen molar-refractivity contribution in [2.45, 2.75) is 45.1 Å². The van der Waals surface area contributed by atoms with Crippen molar-refractivity contribution in [1.29, 1.82) is 0 Å². The fourth-order valence-electron chi connectivity index (χ4n) is 3.78. The van der Waals surface area contributed by atoms with Crippen LogP contribution in [0.4, 0.5) is 11.4 Å². The Bertz CT molecular complexity index is 570. The molecule has 1 aromatic carbocycles. The van der Waals surface area contributed by atoms with Gasteiger partial charge in [-0.2, -0.15) is 0 Å². The van der Waals surface area contributed by atoms with Gasteiger partial charge in [-0.05, 0) is 37.8 Å². The van der Waals surface area contributed by atoms with E-state index in [0.29, 0.717) is 24.7 Å². The first-order chi connectivity index (χ1) is 11.7. The first-order valence-electron chi connectivity index (χ1n) is 9.00. The number of carbonyl (C=O) groups is 1. The minimum Gasteiger partial charge on any atom is -0.494 e. The van der Waals surface area contributed by atoms with Crippen LogP contribution in [-0.4, -0.2) is 38.8 Å². The lowest BCUT2D eigenvalue weighted by Gasteiger charge is -2.34. The molecule has 5 heteroatoms. The van der Waals surface area contributed by atoms with Crippen LogP contribution in [0.1, 0.15) is 39.0 Å². The summed E-state index contributed by atoms with van der Waals surface area (Å²) in [5, 5.41) is 3.12. The summed E-state index contributed by atoms with van der Waals surface area (Å²) in [5.41, 5.74) is 1.81. The zero-order chi connectivity index (χ0) is 16.9. The summed E-state index contributed by atoms with van der Waals surface area (Å²) in [5.74, 6) is 1.34. The molecule has 1 aliphatic heterocycles. The number of ether oxygens (including phenoxy) is 2. The second-order valence-corrected chi connectivity index (χ2v) is 6.88. The van der Waals surface area contributed by atoms with Gasteiger partial charge in [0, 0.05) is 19.5 Å². The Balaban J connectivity index is 1.77. The monoisotopic (exact) mass is 332 g/mol. The number of rotatable bonds is 5. The van der Waals surface area contributed by atoms with E-state index in [1.165, 1.54) is 25.7 Å². The van der Waals surface area contributed by atoms with Crippen LogP contribution in [0, 0.1) is 5.92 Å². The number of carbonyl (C=O) groups excluding carboxylic acids is 1. The molecule has 0 aromatic heterocycles. The third-order valence-electron chi connectivity index (χ3n) is 5.02. The maximum absolute atomic E-state index is 12.5. The lowest BCUT2D eigenvalue weighted by molar-refractivity contribution is -0.117. The second kappa shape index (κ2) is 7.88. The predicted octanol–water partition coefficient (Wildman–Crippen LogP) is 3.44. The highest BCUT2D eigenvalue weighted by Gasteiger charge is 2.24. The van der Waals surface area contributed by atoms with Gasteiger partial charge in [0.05, 0.1) is 25.5 Å². The van der Waals surface area contributed by atoms with Crippen molar-refractivity contribution in [3.63, 3.8) is 0 Å². The van der Waals surface area contributed by atoms with Crippen LogP contribution >= 0.6 is 0 Å². The maximum Gasteiger partial charge on any atom is 0.224 e. The highest BCUT2D eigenvalue weighted by Crippen LogP contribution is 2.36. The Kier molecular flexibility index (Phi) is 5.61. The van der Waals surface area contributed by atoms with Crippen molar-refractivity contribution >= 4 is 17.3 Å². The highest BCUT2D eigenvalue weighted by molar-refractivity contribution is 5.96. The second-order valence-electron chi connectivity index (χ2n) is 6.88. The minimum atomic E-state index is 0.0916. The maximum atomic E-state index is 12.5.